The van der Waals surface area contributed by atoms with Crippen molar-refractivity contribution in [1.29, 1.82) is 0 Å². The van der Waals surface area contributed by atoms with Crippen LogP contribution < -0.4 is 4.74 Å². The lowest BCUT2D eigenvalue weighted by Gasteiger charge is -2.16. The maximum absolute atomic E-state index is 11.8. The molecule has 136 valence electrons. The second-order valence-electron chi connectivity index (χ2n) is 6.12. The summed E-state index contributed by atoms with van der Waals surface area (Å²) in [6.45, 7) is 3.40. The van der Waals surface area contributed by atoms with Crippen LogP contribution in [0.4, 0.5) is 0 Å². The monoisotopic (exact) mass is 371 g/mol. The molecule has 2 aromatic carbocycles. The lowest BCUT2D eigenvalue weighted by Crippen LogP contribution is -2.24. The van der Waals surface area contributed by atoms with Gasteiger partial charge in [-0.2, -0.15) is 12.6 Å². The van der Waals surface area contributed by atoms with Crippen LogP contribution in [0.5, 0.6) is 11.5 Å². The topological polar surface area (TPSA) is 55.8 Å². The molecule has 2 aromatic rings. The van der Waals surface area contributed by atoms with E-state index in [0.29, 0.717) is 43.2 Å². The minimum absolute atomic E-state index is 0.127. The van der Waals surface area contributed by atoms with Gasteiger partial charge >= 0.3 is 5.97 Å². The number of ether oxygens (including phenoxy) is 2. The number of likely N-dealkylation sites (tertiary alicyclic amines) is 1. The minimum Gasteiger partial charge on any atom is -0.462 e. The molecule has 26 heavy (non-hydrogen) atoms. The molecule has 3 rings (SSSR count). The Balaban J connectivity index is 1.59. The molecule has 1 amide bonds. The normalized spacial score (nSPS) is 16.6. The molecule has 0 spiro atoms. The number of nitrogens with zero attached hydrogens (tertiary/aromatic N) is 1. The molecule has 1 heterocycles. The second kappa shape index (κ2) is 8.27. The first kappa shape index (κ1) is 18.3. The van der Waals surface area contributed by atoms with Gasteiger partial charge in [-0.05, 0) is 48.9 Å². The molecule has 1 saturated heterocycles. The van der Waals surface area contributed by atoms with E-state index in [1.807, 2.05) is 29.2 Å². The van der Waals surface area contributed by atoms with E-state index in [9.17, 15) is 9.59 Å². The Kier molecular flexibility index (Phi) is 5.83. The van der Waals surface area contributed by atoms with Gasteiger partial charge in [-0.1, -0.05) is 12.1 Å². The first-order valence-corrected chi connectivity index (χ1v) is 9.06. The van der Waals surface area contributed by atoms with Crippen molar-refractivity contribution in [3.8, 4) is 11.5 Å². The molecule has 1 unspecified atom stereocenters. The summed E-state index contributed by atoms with van der Waals surface area (Å²) in [5.74, 6) is 1.13. The minimum atomic E-state index is -0.344. The van der Waals surface area contributed by atoms with Crippen molar-refractivity contribution in [1.82, 2.24) is 4.90 Å². The highest BCUT2D eigenvalue weighted by molar-refractivity contribution is 7.81. The summed E-state index contributed by atoms with van der Waals surface area (Å²) in [6, 6.07) is 14.4. The number of carbonyl (C=O) groups excluding carboxylic acids is 2. The van der Waals surface area contributed by atoms with Gasteiger partial charge in [0.2, 0.25) is 5.91 Å². The van der Waals surface area contributed by atoms with Crippen molar-refractivity contribution in [3.05, 3.63) is 59.7 Å². The standard InChI is InChI=1S/C20H21NO4S/c1-2-24-20(23)15-5-9-17(10-6-15)25-16-7-3-14(4-8-16)12-21-13-18(26)11-19(21)22/h3-10,18,26H,2,11-13H2,1H3. The molecule has 0 aromatic heterocycles. The van der Waals surface area contributed by atoms with Gasteiger partial charge in [-0.3, -0.25) is 4.79 Å². The summed E-state index contributed by atoms with van der Waals surface area (Å²) in [7, 11) is 0. The Morgan fingerprint density at radius 1 is 1.12 bits per heavy atom. The molecule has 0 N–H and O–H groups in total. The first-order chi connectivity index (χ1) is 12.5. The Bertz CT molecular complexity index is 773. The van der Waals surface area contributed by atoms with Gasteiger partial charge in [0.05, 0.1) is 12.2 Å². The average Bonchev–Trinajstić information content (AvgIpc) is 2.94. The lowest BCUT2D eigenvalue weighted by atomic mass is 10.2. The van der Waals surface area contributed by atoms with Crippen LogP contribution in [-0.2, 0) is 16.1 Å². The third kappa shape index (κ3) is 4.58. The fraction of sp³-hybridized carbons (Fsp3) is 0.300. The molecule has 1 fully saturated rings. The van der Waals surface area contributed by atoms with Crippen molar-refractivity contribution < 1.29 is 19.1 Å². The molecule has 0 bridgehead atoms. The molecule has 5 nitrogen and oxygen atoms in total. The SMILES string of the molecule is CCOC(=O)c1ccc(Oc2ccc(CN3CC(S)CC3=O)cc2)cc1. The Hall–Kier alpha value is -2.47. The molecule has 1 aliphatic heterocycles. The van der Waals surface area contributed by atoms with E-state index < -0.39 is 0 Å². The van der Waals surface area contributed by atoms with Crippen LogP contribution in [0, 0.1) is 0 Å². The largest absolute Gasteiger partial charge is 0.462 e. The summed E-state index contributed by atoms with van der Waals surface area (Å²) in [4.78, 5) is 25.3. The van der Waals surface area contributed by atoms with Gasteiger partial charge in [-0.15, -0.1) is 0 Å². The van der Waals surface area contributed by atoms with Crippen molar-refractivity contribution in [2.75, 3.05) is 13.2 Å². The van der Waals surface area contributed by atoms with Gasteiger partial charge in [0.1, 0.15) is 11.5 Å². The summed E-state index contributed by atoms with van der Waals surface area (Å²) >= 11 is 4.37. The van der Waals surface area contributed by atoms with Crippen molar-refractivity contribution in [2.45, 2.75) is 25.1 Å². The fourth-order valence-corrected chi connectivity index (χ4v) is 3.15. The second-order valence-corrected chi connectivity index (χ2v) is 6.85. The van der Waals surface area contributed by atoms with Gasteiger partial charge in [0.15, 0.2) is 0 Å². The fourth-order valence-electron chi connectivity index (χ4n) is 2.80. The van der Waals surface area contributed by atoms with E-state index in [-0.39, 0.29) is 17.1 Å². The molecular formula is C20H21NO4S. The van der Waals surface area contributed by atoms with Gasteiger partial charge in [-0.25, -0.2) is 4.79 Å². The predicted molar refractivity (Wildman–Crippen MR) is 102 cm³/mol. The highest BCUT2D eigenvalue weighted by Crippen LogP contribution is 2.24. The van der Waals surface area contributed by atoms with E-state index >= 15 is 0 Å². The smallest absolute Gasteiger partial charge is 0.338 e. The van der Waals surface area contributed by atoms with Crippen LogP contribution in [0.3, 0.4) is 0 Å². The Morgan fingerprint density at radius 3 is 2.27 bits per heavy atom. The van der Waals surface area contributed by atoms with Crippen LogP contribution in [0.1, 0.15) is 29.3 Å². The van der Waals surface area contributed by atoms with Gasteiger partial charge < -0.3 is 14.4 Å². The first-order valence-electron chi connectivity index (χ1n) is 8.55. The molecule has 1 atom stereocenters. The van der Waals surface area contributed by atoms with Crippen LogP contribution >= 0.6 is 12.6 Å². The molecule has 0 aliphatic carbocycles. The lowest BCUT2D eigenvalue weighted by molar-refractivity contribution is -0.128. The predicted octanol–water partition coefficient (Wildman–Crippen LogP) is 3.69. The van der Waals surface area contributed by atoms with Crippen LogP contribution in [0.2, 0.25) is 0 Å². The van der Waals surface area contributed by atoms with E-state index in [0.717, 1.165) is 5.56 Å². The van der Waals surface area contributed by atoms with E-state index in [1.54, 1.807) is 31.2 Å². The van der Waals surface area contributed by atoms with Gasteiger partial charge in [0.25, 0.3) is 0 Å². The Morgan fingerprint density at radius 2 is 1.73 bits per heavy atom. The highest BCUT2D eigenvalue weighted by atomic mass is 32.1. The summed E-state index contributed by atoms with van der Waals surface area (Å²) in [6.07, 6.45) is 0.506. The number of hydrogen-bond acceptors (Lipinski definition) is 5. The zero-order chi connectivity index (χ0) is 18.5. The van der Waals surface area contributed by atoms with Crippen LogP contribution in [-0.4, -0.2) is 35.2 Å². The van der Waals surface area contributed by atoms with E-state index in [2.05, 4.69) is 12.6 Å². The van der Waals surface area contributed by atoms with Crippen LogP contribution in [0.15, 0.2) is 48.5 Å². The number of carbonyl (C=O) groups is 2. The van der Waals surface area contributed by atoms with Gasteiger partial charge in [0, 0.05) is 24.8 Å². The number of benzene rings is 2. The zero-order valence-corrected chi connectivity index (χ0v) is 15.4. The number of rotatable bonds is 6. The number of amides is 1. The van der Waals surface area contributed by atoms with E-state index in [1.165, 1.54) is 0 Å². The number of hydrogen-bond donors (Lipinski definition) is 1. The molecule has 1 aliphatic rings. The summed E-state index contributed by atoms with van der Waals surface area (Å²) in [5.41, 5.74) is 1.54. The average molecular weight is 371 g/mol. The molecule has 6 heteroatoms. The molecule has 0 saturated carbocycles. The van der Waals surface area contributed by atoms with E-state index in [4.69, 9.17) is 9.47 Å². The van der Waals surface area contributed by atoms with Crippen LogP contribution in [0.25, 0.3) is 0 Å². The number of thiol groups is 1. The molecule has 0 radical (unpaired) electrons. The Labute approximate surface area is 158 Å². The van der Waals surface area contributed by atoms with Crippen molar-refractivity contribution in [3.63, 3.8) is 0 Å². The van der Waals surface area contributed by atoms with Crippen molar-refractivity contribution in [2.24, 2.45) is 0 Å². The maximum Gasteiger partial charge on any atom is 0.338 e. The highest BCUT2D eigenvalue weighted by Gasteiger charge is 2.26. The molecular weight excluding hydrogens is 350 g/mol. The number of esters is 1. The maximum atomic E-state index is 11.8. The summed E-state index contributed by atoms with van der Waals surface area (Å²) in [5, 5.41) is 0.127. The quantitative estimate of drug-likeness (QED) is 0.622. The summed E-state index contributed by atoms with van der Waals surface area (Å²) < 4.78 is 10.7. The zero-order valence-electron chi connectivity index (χ0n) is 14.6. The third-order valence-electron chi connectivity index (χ3n) is 4.09. The third-order valence-corrected chi connectivity index (χ3v) is 4.44. The van der Waals surface area contributed by atoms with Crippen molar-refractivity contribution >= 4 is 24.5 Å².